The average Bonchev–Trinajstić information content (AvgIpc) is 2.38. The molecule has 2 atom stereocenters. The fraction of sp³-hybridized carbons (Fsp3) is 0.571. The van der Waals surface area contributed by atoms with E-state index in [1.165, 1.54) is 0 Å². The monoisotopic (exact) mass is 267 g/mol. The number of anilines is 1. The van der Waals surface area contributed by atoms with Crippen LogP contribution < -0.4 is 9.64 Å². The topological polar surface area (TPSA) is 32.7 Å². The zero-order valence-electron chi connectivity index (χ0n) is 11.2. The van der Waals surface area contributed by atoms with Crippen LogP contribution in [0.5, 0.6) is 5.75 Å². The predicted molar refractivity (Wildman–Crippen MR) is 77.8 cm³/mol. The standard InChI is InChI=1S/C14H21NO2S/c1-10-9-18-8-7-15(10)12-5-4-6-13(17-3)14(12)11(2)16/h4-6,10-11,16H,7-9H2,1-3H3/t10?,11-/m1/s1. The Hall–Kier alpha value is -0.870. The first-order valence-corrected chi connectivity index (χ1v) is 7.50. The lowest BCUT2D eigenvalue weighted by molar-refractivity contribution is 0.194. The molecule has 100 valence electrons. The third kappa shape index (κ3) is 2.59. The maximum Gasteiger partial charge on any atom is 0.126 e. The van der Waals surface area contributed by atoms with Crippen molar-refractivity contribution < 1.29 is 9.84 Å². The molecule has 1 fully saturated rings. The second-order valence-corrected chi connectivity index (χ2v) is 5.84. The number of hydrogen-bond acceptors (Lipinski definition) is 4. The van der Waals surface area contributed by atoms with Crippen molar-refractivity contribution in [3.05, 3.63) is 23.8 Å². The highest BCUT2D eigenvalue weighted by Gasteiger charge is 2.24. The summed E-state index contributed by atoms with van der Waals surface area (Å²) >= 11 is 1.99. The number of thioether (sulfide) groups is 1. The van der Waals surface area contributed by atoms with Gasteiger partial charge in [0.15, 0.2) is 0 Å². The zero-order chi connectivity index (χ0) is 13.1. The summed E-state index contributed by atoms with van der Waals surface area (Å²) in [6.07, 6.45) is -0.516. The fourth-order valence-corrected chi connectivity index (χ4v) is 3.48. The predicted octanol–water partition coefficient (Wildman–Crippen LogP) is 2.69. The lowest BCUT2D eigenvalue weighted by Crippen LogP contribution is -2.41. The van der Waals surface area contributed by atoms with E-state index in [4.69, 9.17) is 4.74 Å². The number of aliphatic hydroxyl groups excluding tert-OH is 1. The molecule has 1 aliphatic heterocycles. The van der Waals surface area contributed by atoms with E-state index in [0.717, 1.165) is 35.1 Å². The average molecular weight is 267 g/mol. The number of ether oxygens (including phenoxy) is 1. The second kappa shape index (κ2) is 5.85. The maximum atomic E-state index is 10.0. The SMILES string of the molecule is COc1cccc(N2CCSCC2C)c1[C@@H](C)O. The van der Waals surface area contributed by atoms with Crippen LogP contribution in [0.4, 0.5) is 5.69 Å². The number of nitrogens with zero attached hydrogens (tertiary/aromatic N) is 1. The maximum absolute atomic E-state index is 10.0. The molecule has 0 bridgehead atoms. The van der Waals surface area contributed by atoms with E-state index in [1.807, 2.05) is 23.9 Å². The largest absolute Gasteiger partial charge is 0.496 e. The molecule has 0 aliphatic carbocycles. The van der Waals surface area contributed by atoms with E-state index in [1.54, 1.807) is 14.0 Å². The number of aliphatic hydroxyl groups is 1. The van der Waals surface area contributed by atoms with Crippen molar-refractivity contribution in [1.29, 1.82) is 0 Å². The van der Waals surface area contributed by atoms with Crippen LogP contribution in [-0.2, 0) is 0 Å². The van der Waals surface area contributed by atoms with Gasteiger partial charge in [0.25, 0.3) is 0 Å². The van der Waals surface area contributed by atoms with Gasteiger partial charge in [-0.3, -0.25) is 0 Å². The molecule has 0 aromatic heterocycles. The van der Waals surface area contributed by atoms with Gasteiger partial charge in [0.2, 0.25) is 0 Å². The van der Waals surface area contributed by atoms with Crippen molar-refractivity contribution >= 4 is 17.4 Å². The molecule has 1 aliphatic rings. The van der Waals surface area contributed by atoms with Crippen molar-refractivity contribution in [3.8, 4) is 5.75 Å². The smallest absolute Gasteiger partial charge is 0.126 e. The van der Waals surface area contributed by atoms with Gasteiger partial charge in [0.1, 0.15) is 5.75 Å². The third-order valence-electron chi connectivity index (χ3n) is 3.36. The van der Waals surface area contributed by atoms with Gasteiger partial charge < -0.3 is 14.7 Å². The zero-order valence-corrected chi connectivity index (χ0v) is 12.0. The Bertz CT molecular complexity index is 409. The quantitative estimate of drug-likeness (QED) is 0.912. The van der Waals surface area contributed by atoms with Crippen LogP contribution in [0, 0.1) is 0 Å². The van der Waals surface area contributed by atoms with Crippen LogP contribution in [0.3, 0.4) is 0 Å². The van der Waals surface area contributed by atoms with Crippen LogP contribution in [0.1, 0.15) is 25.5 Å². The molecule has 0 radical (unpaired) electrons. The van der Waals surface area contributed by atoms with Gasteiger partial charge in [0.05, 0.1) is 13.2 Å². The Morgan fingerprint density at radius 2 is 2.28 bits per heavy atom. The van der Waals surface area contributed by atoms with Gasteiger partial charge in [-0.1, -0.05) is 6.07 Å². The summed E-state index contributed by atoms with van der Waals surface area (Å²) in [6.45, 7) is 5.06. The summed E-state index contributed by atoms with van der Waals surface area (Å²) < 4.78 is 5.38. The van der Waals surface area contributed by atoms with Crippen molar-refractivity contribution in [1.82, 2.24) is 0 Å². The van der Waals surface area contributed by atoms with Crippen LogP contribution >= 0.6 is 11.8 Å². The van der Waals surface area contributed by atoms with Gasteiger partial charge in [-0.2, -0.15) is 11.8 Å². The minimum atomic E-state index is -0.516. The highest BCUT2D eigenvalue weighted by atomic mass is 32.2. The Morgan fingerprint density at radius 1 is 1.50 bits per heavy atom. The minimum absolute atomic E-state index is 0.494. The normalized spacial score (nSPS) is 21.8. The van der Waals surface area contributed by atoms with Crippen LogP contribution in [0.15, 0.2) is 18.2 Å². The van der Waals surface area contributed by atoms with E-state index in [9.17, 15) is 5.11 Å². The Morgan fingerprint density at radius 3 is 2.89 bits per heavy atom. The summed E-state index contributed by atoms with van der Waals surface area (Å²) in [6, 6.07) is 6.48. The lowest BCUT2D eigenvalue weighted by atomic mass is 10.0. The van der Waals surface area contributed by atoms with Crippen LogP contribution in [-0.4, -0.2) is 36.3 Å². The highest BCUT2D eigenvalue weighted by molar-refractivity contribution is 7.99. The first-order chi connectivity index (χ1) is 8.65. The van der Waals surface area contributed by atoms with Gasteiger partial charge in [0, 0.05) is 35.3 Å². The van der Waals surface area contributed by atoms with Gasteiger partial charge in [-0.05, 0) is 26.0 Å². The summed E-state index contributed by atoms with van der Waals surface area (Å²) in [7, 11) is 1.65. The molecular formula is C14H21NO2S. The molecule has 0 spiro atoms. The lowest BCUT2D eigenvalue weighted by Gasteiger charge is -2.37. The molecule has 1 saturated heterocycles. The fourth-order valence-electron chi connectivity index (χ4n) is 2.47. The number of hydrogen-bond donors (Lipinski definition) is 1. The molecule has 0 amide bonds. The van der Waals surface area contributed by atoms with E-state index in [2.05, 4.69) is 17.9 Å². The van der Waals surface area contributed by atoms with Gasteiger partial charge >= 0.3 is 0 Å². The Kier molecular flexibility index (Phi) is 4.40. The highest BCUT2D eigenvalue weighted by Crippen LogP contribution is 2.36. The van der Waals surface area contributed by atoms with Gasteiger partial charge in [-0.25, -0.2) is 0 Å². The van der Waals surface area contributed by atoms with Crippen molar-refractivity contribution in [2.24, 2.45) is 0 Å². The molecule has 4 heteroatoms. The summed E-state index contributed by atoms with van der Waals surface area (Å²) in [5.41, 5.74) is 2.01. The van der Waals surface area contributed by atoms with Crippen molar-refractivity contribution in [2.75, 3.05) is 30.1 Å². The molecule has 1 heterocycles. The first-order valence-electron chi connectivity index (χ1n) is 6.34. The third-order valence-corrected chi connectivity index (χ3v) is 4.55. The van der Waals surface area contributed by atoms with E-state index in [-0.39, 0.29) is 0 Å². The second-order valence-electron chi connectivity index (χ2n) is 4.69. The number of rotatable bonds is 3. The van der Waals surface area contributed by atoms with Crippen molar-refractivity contribution in [3.63, 3.8) is 0 Å². The van der Waals surface area contributed by atoms with Crippen LogP contribution in [0.2, 0.25) is 0 Å². The summed E-state index contributed by atoms with van der Waals surface area (Å²) in [4.78, 5) is 2.38. The molecule has 1 aromatic rings. The van der Waals surface area contributed by atoms with Crippen molar-refractivity contribution in [2.45, 2.75) is 26.0 Å². The molecule has 2 rings (SSSR count). The Labute approximate surface area is 113 Å². The first kappa shape index (κ1) is 13.6. The van der Waals surface area contributed by atoms with Gasteiger partial charge in [-0.15, -0.1) is 0 Å². The number of benzene rings is 1. The molecule has 1 aromatic carbocycles. The number of methoxy groups -OCH3 is 1. The minimum Gasteiger partial charge on any atom is -0.496 e. The molecular weight excluding hydrogens is 246 g/mol. The van der Waals surface area contributed by atoms with Crippen LogP contribution in [0.25, 0.3) is 0 Å². The Balaban J connectivity index is 2.42. The molecule has 3 nitrogen and oxygen atoms in total. The molecule has 1 unspecified atom stereocenters. The van der Waals surface area contributed by atoms with E-state index < -0.39 is 6.10 Å². The molecule has 0 saturated carbocycles. The van der Waals surface area contributed by atoms with E-state index >= 15 is 0 Å². The molecule has 1 N–H and O–H groups in total. The summed E-state index contributed by atoms with van der Waals surface area (Å²) in [5.74, 6) is 3.05. The van der Waals surface area contributed by atoms with E-state index in [0.29, 0.717) is 6.04 Å². The summed E-state index contributed by atoms with van der Waals surface area (Å²) in [5, 5.41) is 10.0. The molecule has 18 heavy (non-hydrogen) atoms.